The van der Waals surface area contributed by atoms with Gasteiger partial charge in [-0.25, -0.2) is 0 Å². The Morgan fingerprint density at radius 1 is 0.702 bits per heavy atom. The zero-order valence-electron chi connectivity index (χ0n) is 35.9. The number of para-hydroxylation sites is 2. The second-order valence-corrected chi connectivity index (χ2v) is 16.3. The van der Waals surface area contributed by atoms with Crippen LogP contribution >= 0.6 is 0 Å². The molecule has 2 N–H and O–H groups in total. The van der Waals surface area contributed by atoms with Crippen molar-refractivity contribution in [2.75, 3.05) is 118 Å². The van der Waals surface area contributed by atoms with Gasteiger partial charge in [-0.05, 0) is 96.8 Å². The Bertz CT molecular complexity index is 1600. The lowest BCUT2D eigenvalue weighted by atomic mass is 9.92. The number of hydrogen-bond donors (Lipinski definition) is 2. The Morgan fingerprint density at radius 3 is 1.96 bits per heavy atom. The lowest BCUT2D eigenvalue weighted by molar-refractivity contribution is -0.121. The van der Waals surface area contributed by atoms with Gasteiger partial charge in [-0.2, -0.15) is 0 Å². The van der Waals surface area contributed by atoms with E-state index in [1.54, 1.807) is 0 Å². The molecule has 4 saturated heterocycles. The highest BCUT2D eigenvalue weighted by atomic mass is 16.5. The van der Waals surface area contributed by atoms with E-state index in [9.17, 15) is 9.59 Å². The molecule has 0 radical (unpaired) electrons. The number of nitrogens with one attached hydrogen (secondary N) is 1. The highest BCUT2D eigenvalue weighted by Gasteiger charge is 2.23. The Hall–Kier alpha value is -3.68. The molecule has 0 aliphatic carbocycles. The SMILES string of the molecule is CC1CC(=O)Nc2ccccc21.CC1CN(C)CCN1C.CN1CCCCC1CO.CN1CCN(c2ccccc2)C(=O)C1.CN1CCOC(c2ccccc2)C1. The number of hydrogen-bond acceptors (Lipinski definition) is 9. The van der Waals surface area contributed by atoms with Crippen LogP contribution in [0.2, 0.25) is 0 Å². The lowest BCUT2D eigenvalue weighted by Crippen LogP contribution is -2.48. The summed E-state index contributed by atoms with van der Waals surface area (Å²) in [5.41, 5.74) is 4.51. The fourth-order valence-corrected chi connectivity index (χ4v) is 7.55. The zero-order chi connectivity index (χ0) is 41.2. The molecule has 8 rings (SSSR count). The summed E-state index contributed by atoms with van der Waals surface area (Å²) in [4.78, 5) is 36.0. The van der Waals surface area contributed by atoms with Crippen molar-refractivity contribution in [2.45, 2.75) is 63.6 Å². The average Bonchev–Trinajstić information content (AvgIpc) is 3.21. The number of aliphatic hydroxyl groups is 1. The van der Waals surface area contributed by atoms with Crippen LogP contribution in [0.4, 0.5) is 11.4 Å². The van der Waals surface area contributed by atoms with E-state index < -0.39 is 0 Å². The molecule has 4 unspecified atom stereocenters. The van der Waals surface area contributed by atoms with Gasteiger partial charge in [0.1, 0.15) is 0 Å². The van der Waals surface area contributed by atoms with Crippen molar-refractivity contribution in [2.24, 2.45) is 0 Å². The number of piperidine rings is 1. The molecule has 3 aromatic carbocycles. The smallest absolute Gasteiger partial charge is 0.241 e. The second kappa shape index (κ2) is 24.3. The van der Waals surface area contributed by atoms with Crippen LogP contribution in [-0.4, -0.2) is 161 Å². The molecular weight excluding hydrogens is 715 g/mol. The minimum absolute atomic E-state index is 0.126. The molecule has 0 bridgehead atoms. The lowest BCUT2D eigenvalue weighted by Gasteiger charge is -2.35. The number of benzene rings is 3. The number of piperazine rings is 2. The number of likely N-dealkylation sites (N-methyl/N-ethyl adjacent to an activating group) is 5. The number of anilines is 2. The maximum Gasteiger partial charge on any atom is 0.241 e. The molecule has 57 heavy (non-hydrogen) atoms. The molecule has 0 aromatic heterocycles. The Morgan fingerprint density at radius 2 is 1.35 bits per heavy atom. The van der Waals surface area contributed by atoms with Gasteiger partial charge in [0.2, 0.25) is 11.8 Å². The molecule has 314 valence electrons. The van der Waals surface area contributed by atoms with E-state index in [0.717, 1.165) is 56.7 Å². The van der Waals surface area contributed by atoms with Crippen LogP contribution < -0.4 is 10.2 Å². The van der Waals surface area contributed by atoms with Crippen molar-refractivity contribution < 1.29 is 19.4 Å². The molecular formula is C46H71N7O4. The number of ether oxygens (including phenoxy) is 1. The van der Waals surface area contributed by atoms with Crippen LogP contribution in [0.1, 0.15) is 62.7 Å². The van der Waals surface area contributed by atoms with Gasteiger partial charge in [0.15, 0.2) is 0 Å². The Balaban J connectivity index is 0.000000160. The summed E-state index contributed by atoms with van der Waals surface area (Å²) in [6.45, 7) is 14.7. The first kappa shape index (κ1) is 46.0. The van der Waals surface area contributed by atoms with Crippen LogP contribution in [0.25, 0.3) is 0 Å². The Kier molecular flexibility index (Phi) is 19.6. The third kappa shape index (κ3) is 15.5. The molecule has 5 aliphatic heterocycles. The van der Waals surface area contributed by atoms with Crippen LogP contribution in [-0.2, 0) is 14.3 Å². The highest BCUT2D eigenvalue weighted by molar-refractivity contribution is 5.95. The minimum Gasteiger partial charge on any atom is -0.395 e. The summed E-state index contributed by atoms with van der Waals surface area (Å²) >= 11 is 0. The third-order valence-electron chi connectivity index (χ3n) is 11.5. The van der Waals surface area contributed by atoms with Gasteiger partial charge in [0.05, 0.1) is 25.9 Å². The summed E-state index contributed by atoms with van der Waals surface area (Å²) in [6.07, 6.45) is 4.63. The second-order valence-electron chi connectivity index (χ2n) is 16.3. The van der Waals surface area contributed by atoms with Gasteiger partial charge >= 0.3 is 0 Å². The van der Waals surface area contributed by atoms with E-state index in [-0.39, 0.29) is 17.9 Å². The number of amides is 2. The molecule has 5 heterocycles. The maximum atomic E-state index is 11.7. The number of morpholine rings is 1. The molecule has 11 heteroatoms. The van der Waals surface area contributed by atoms with Crippen molar-refractivity contribution in [3.8, 4) is 0 Å². The van der Waals surface area contributed by atoms with Crippen LogP contribution in [0.5, 0.6) is 0 Å². The standard InChI is InChI=1S/C11H14N2O.C11H15NO.C10H11NO.C7H16N2.C7H15NO/c1-12-7-8-13(11(14)9-12)10-5-3-2-4-6-10;1-12-7-8-13-11(9-12)10-5-3-2-4-6-10;1-7-6-10(12)11-9-5-3-2-4-8(7)9;1-7-6-8(2)4-5-9(7)3;1-8-5-3-2-4-7(8)6-9/h2-6H,7-9H2,1H3;2-6,11H,7-9H2,1H3;2-5,7H,6H2,1H3,(H,11,12);7H,4-6H2,1-3H3;7,9H,2-6H2,1H3. The van der Waals surface area contributed by atoms with Gasteiger partial charge in [-0.3, -0.25) is 14.5 Å². The monoisotopic (exact) mass is 786 g/mol. The summed E-state index contributed by atoms with van der Waals surface area (Å²) in [7, 11) is 10.6. The molecule has 5 aliphatic rings. The number of rotatable bonds is 3. The molecule has 4 atom stereocenters. The fourth-order valence-electron chi connectivity index (χ4n) is 7.55. The summed E-state index contributed by atoms with van der Waals surface area (Å²) in [5, 5.41) is 11.7. The molecule has 4 fully saturated rings. The van der Waals surface area contributed by atoms with E-state index in [2.05, 4.69) is 97.3 Å². The minimum atomic E-state index is 0.126. The largest absolute Gasteiger partial charge is 0.395 e. The molecule has 3 aromatic rings. The number of likely N-dealkylation sites (tertiary alicyclic amines) is 1. The third-order valence-corrected chi connectivity index (χ3v) is 11.5. The topological polar surface area (TPSA) is 95.1 Å². The van der Waals surface area contributed by atoms with E-state index in [0.29, 0.717) is 31.5 Å². The van der Waals surface area contributed by atoms with Crippen molar-refractivity contribution >= 4 is 23.2 Å². The number of fused-ring (bicyclic) bond motifs is 1. The van der Waals surface area contributed by atoms with Gasteiger partial charge in [-0.15, -0.1) is 0 Å². The van der Waals surface area contributed by atoms with Gasteiger partial charge in [-0.1, -0.05) is 80.1 Å². The summed E-state index contributed by atoms with van der Waals surface area (Å²) in [6, 6.07) is 29.4. The maximum absolute atomic E-state index is 11.7. The van der Waals surface area contributed by atoms with Gasteiger partial charge in [0.25, 0.3) is 0 Å². The number of carbonyl (C=O) groups is 2. The number of carbonyl (C=O) groups excluding carboxylic acids is 2. The predicted octanol–water partition coefficient (Wildman–Crippen LogP) is 5.50. The first-order valence-corrected chi connectivity index (χ1v) is 20.9. The number of nitrogens with zero attached hydrogens (tertiary/aromatic N) is 6. The van der Waals surface area contributed by atoms with Crippen LogP contribution in [0.15, 0.2) is 84.9 Å². The fraction of sp³-hybridized carbons (Fsp3) is 0.565. The normalized spacial score (nSPS) is 24.7. The van der Waals surface area contributed by atoms with Crippen molar-refractivity contribution in [1.29, 1.82) is 0 Å². The Labute approximate surface area is 343 Å². The quantitative estimate of drug-likeness (QED) is 0.357. The first-order chi connectivity index (χ1) is 27.4. The molecule has 0 saturated carbocycles. The molecule has 2 amide bonds. The number of aliphatic hydroxyl groups excluding tert-OH is 1. The molecule has 0 spiro atoms. The van der Waals surface area contributed by atoms with E-state index in [1.165, 1.54) is 50.0 Å². The highest BCUT2D eigenvalue weighted by Crippen LogP contribution is 2.31. The van der Waals surface area contributed by atoms with Gasteiger partial charge < -0.3 is 39.7 Å². The zero-order valence-corrected chi connectivity index (χ0v) is 35.9. The van der Waals surface area contributed by atoms with Crippen molar-refractivity contribution in [3.63, 3.8) is 0 Å². The van der Waals surface area contributed by atoms with Crippen molar-refractivity contribution in [3.05, 3.63) is 96.1 Å². The van der Waals surface area contributed by atoms with E-state index >= 15 is 0 Å². The van der Waals surface area contributed by atoms with Gasteiger partial charge in [0, 0.05) is 75.7 Å². The van der Waals surface area contributed by atoms with Crippen LogP contribution in [0, 0.1) is 0 Å². The van der Waals surface area contributed by atoms with E-state index in [4.69, 9.17) is 9.84 Å². The average molecular weight is 786 g/mol. The van der Waals surface area contributed by atoms with Crippen LogP contribution in [0.3, 0.4) is 0 Å². The first-order valence-electron chi connectivity index (χ1n) is 20.9. The summed E-state index contributed by atoms with van der Waals surface area (Å²) < 4.78 is 5.69. The van der Waals surface area contributed by atoms with E-state index in [1.807, 2.05) is 71.4 Å². The van der Waals surface area contributed by atoms with Crippen molar-refractivity contribution in [1.82, 2.24) is 24.5 Å². The molecule has 11 nitrogen and oxygen atoms in total. The predicted molar refractivity (Wildman–Crippen MR) is 234 cm³/mol. The summed E-state index contributed by atoms with van der Waals surface area (Å²) in [5.74, 6) is 0.668.